The second-order valence-electron chi connectivity index (χ2n) is 5.98. The summed E-state index contributed by atoms with van der Waals surface area (Å²) in [5.41, 5.74) is 0.976. The number of carbonyl (C=O) groups is 1. The Hall–Kier alpha value is -0.780. The molecule has 2 heterocycles. The largest absolute Gasteiger partial charge is 0.334 e. The summed E-state index contributed by atoms with van der Waals surface area (Å²) >= 11 is 1.74. The van der Waals surface area contributed by atoms with Crippen LogP contribution in [0.5, 0.6) is 0 Å². The number of thioether (sulfide) groups is 1. The van der Waals surface area contributed by atoms with E-state index in [1.54, 1.807) is 18.0 Å². The highest BCUT2D eigenvalue weighted by Crippen LogP contribution is 2.20. The van der Waals surface area contributed by atoms with Crippen LogP contribution in [-0.4, -0.2) is 46.9 Å². The van der Waals surface area contributed by atoms with Gasteiger partial charge >= 0.3 is 0 Å². The number of nitrogens with zero attached hydrogens (tertiary/aromatic N) is 2. The van der Waals surface area contributed by atoms with E-state index in [-0.39, 0.29) is 24.2 Å². The van der Waals surface area contributed by atoms with Crippen LogP contribution in [0.25, 0.3) is 0 Å². The highest BCUT2D eigenvalue weighted by atomic mass is 35.5. The number of carbonyl (C=O) groups excluding carboxylic acids is 1. The summed E-state index contributed by atoms with van der Waals surface area (Å²) in [7, 11) is 0. The van der Waals surface area contributed by atoms with Crippen molar-refractivity contribution in [2.24, 2.45) is 5.92 Å². The van der Waals surface area contributed by atoms with Gasteiger partial charge in [0.2, 0.25) is 5.91 Å². The van der Waals surface area contributed by atoms with Crippen LogP contribution in [-0.2, 0) is 11.3 Å². The standard InChI is InChI=1S/C17H27N3OS.ClH/c1-14(13-22-2)17(21)20(12-15-6-3-4-10-19-15)16-7-5-9-18-11-8-16;/h3-4,6,10,14,16,18H,5,7-9,11-13H2,1-2H3;1H. The number of hydrogen-bond acceptors (Lipinski definition) is 4. The fourth-order valence-electron chi connectivity index (χ4n) is 2.97. The summed E-state index contributed by atoms with van der Waals surface area (Å²) in [6.45, 7) is 4.72. The van der Waals surface area contributed by atoms with E-state index in [0.29, 0.717) is 12.6 Å². The van der Waals surface area contributed by atoms with Gasteiger partial charge in [-0.25, -0.2) is 0 Å². The summed E-state index contributed by atoms with van der Waals surface area (Å²) in [6.07, 6.45) is 7.11. The van der Waals surface area contributed by atoms with Crippen LogP contribution in [0.4, 0.5) is 0 Å². The molecule has 23 heavy (non-hydrogen) atoms. The van der Waals surface area contributed by atoms with Gasteiger partial charge in [0.25, 0.3) is 0 Å². The lowest BCUT2D eigenvalue weighted by Crippen LogP contribution is -2.43. The lowest BCUT2D eigenvalue weighted by molar-refractivity contribution is -0.137. The van der Waals surface area contributed by atoms with Gasteiger partial charge in [-0.1, -0.05) is 13.0 Å². The molecule has 1 amide bonds. The molecule has 0 bridgehead atoms. The molecule has 6 heteroatoms. The molecule has 0 aromatic carbocycles. The molecule has 1 fully saturated rings. The van der Waals surface area contributed by atoms with Gasteiger partial charge in [-0.15, -0.1) is 12.4 Å². The van der Waals surface area contributed by atoms with Crippen molar-refractivity contribution in [3.8, 4) is 0 Å². The molecule has 1 aliphatic heterocycles. The number of halogens is 1. The van der Waals surface area contributed by atoms with Crippen molar-refractivity contribution in [2.75, 3.05) is 25.1 Å². The van der Waals surface area contributed by atoms with Crippen molar-refractivity contribution in [2.45, 2.75) is 38.8 Å². The van der Waals surface area contributed by atoms with E-state index >= 15 is 0 Å². The topological polar surface area (TPSA) is 45.2 Å². The van der Waals surface area contributed by atoms with E-state index in [2.05, 4.69) is 21.5 Å². The van der Waals surface area contributed by atoms with E-state index in [1.807, 2.05) is 25.1 Å². The lowest BCUT2D eigenvalue weighted by atomic mass is 10.0. The summed E-state index contributed by atoms with van der Waals surface area (Å²) in [5, 5.41) is 3.43. The Morgan fingerprint density at radius 2 is 2.26 bits per heavy atom. The fraction of sp³-hybridized carbons (Fsp3) is 0.647. The van der Waals surface area contributed by atoms with Crippen LogP contribution >= 0.6 is 24.2 Å². The minimum atomic E-state index is 0. The van der Waals surface area contributed by atoms with Crippen molar-refractivity contribution in [1.82, 2.24) is 15.2 Å². The SMILES string of the molecule is CSCC(C)C(=O)N(Cc1ccccn1)C1CCCNCC1.Cl. The van der Waals surface area contributed by atoms with Crippen molar-refractivity contribution < 1.29 is 4.79 Å². The Bertz CT molecular complexity index is 452. The van der Waals surface area contributed by atoms with Gasteiger partial charge in [0, 0.05) is 23.9 Å². The quantitative estimate of drug-likeness (QED) is 0.850. The highest BCUT2D eigenvalue weighted by Gasteiger charge is 2.28. The minimum Gasteiger partial charge on any atom is -0.334 e. The third-order valence-corrected chi connectivity index (χ3v) is 5.00. The average molecular weight is 358 g/mol. The van der Waals surface area contributed by atoms with Gasteiger partial charge in [0.05, 0.1) is 12.2 Å². The zero-order chi connectivity index (χ0) is 15.8. The lowest BCUT2D eigenvalue weighted by Gasteiger charge is -2.33. The molecule has 1 aliphatic rings. The maximum atomic E-state index is 12.9. The van der Waals surface area contributed by atoms with Gasteiger partial charge in [-0.3, -0.25) is 9.78 Å². The van der Waals surface area contributed by atoms with Gasteiger partial charge in [-0.05, 0) is 50.7 Å². The van der Waals surface area contributed by atoms with Crippen molar-refractivity contribution in [3.63, 3.8) is 0 Å². The molecular formula is C17H28ClN3OS. The first-order chi connectivity index (χ1) is 10.7. The average Bonchev–Trinajstić information content (AvgIpc) is 2.82. The number of amides is 1. The molecule has 130 valence electrons. The molecule has 1 saturated heterocycles. The van der Waals surface area contributed by atoms with Crippen LogP contribution in [0.1, 0.15) is 31.9 Å². The van der Waals surface area contributed by atoms with Crippen LogP contribution in [0.2, 0.25) is 0 Å². The van der Waals surface area contributed by atoms with Crippen molar-refractivity contribution in [3.05, 3.63) is 30.1 Å². The summed E-state index contributed by atoms with van der Waals surface area (Å²) in [4.78, 5) is 19.4. The number of hydrogen-bond donors (Lipinski definition) is 1. The third kappa shape index (κ3) is 6.32. The molecule has 0 spiro atoms. The Morgan fingerprint density at radius 3 is 2.96 bits per heavy atom. The van der Waals surface area contributed by atoms with E-state index < -0.39 is 0 Å². The van der Waals surface area contributed by atoms with Crippen LogP contribution < -0.4 is 5.32 Å². The van der Waals surface area contributed by atoms with Gasteiger partial charge < -0.3 is 10.2 Å². The maximum absolute atomic E-state index is 12.9. The van der Waals surface area contributed by atoms with E-state index in [4.69, 9.17) is 0 Å². The normalized spacial score (nSPS) is 19.3. The molecule has 2 rings (SSSR count). The first kappa shape index (κ1) is 20.3. The van der Waals surface area contributed by atoms with E-state index in [9.17, 15) is 4.79 Å². The predicted molar refractivity (Wildman–Crippen MR) is 100 cm³/mol. The van der Waals surface area contributed by atoms with Crippen LogP contribution in [0.15, 0.2) is 24.4 Å². The molecule has 4 nitrogen and oxygen atoms in total. The summed E-state index contributed by atoms with van der Waals surface area (Å²) in [6, 6.07) is 6.25. The molecular weight excluding hydrogens is 330 g/mol. The van der Waals surface area contributed by atoms with Gasteiger partial charge in [-0.2, -0.15) is 11.8 Å². The predicted octanol–water partition coefficient (Wildman–Crippen LogP) is 2.97. The third-order valence-electron chi connectivity index (χ3n) is 4.17. The van der Waals surface area contributed by atoms with E-state index in [1.165, 1.54) is 0 Å². The second kappa shape index (κ2) is 10.9. The Kier molecular flexibility index (Phi) is 9.60. The highest BCUT2D eigenvalue weighted by molar-refractivity contribution is 7.98. The first-order valence-corrected chi connectivity index (χ1v) is 9.51. The monoisotopic (exact) mass is 357 g/mol. The molecule has 0 aliphatic carbocycles. The second-order valence-corrected chi connectivity index (χ2v) is 6.89. The maximum Gasteiger partial charge on any atom is 0.226 e. The number of nitrogens with one attached hydrogen (secondary N) is 1. The Labute approximate surface area is 150 Å². The van der Waals surface area contributed by atoms with Gasteiger partial charge in [0.15, 0.2) is 0 Å². The Morgan fingerprint density at radius 1 is 1.43 bits per heavy atom. The fourth-order valence-corrected chi connectivity index (χ4v) is 3.61. The zero-order valence-corrected chi connectivity index (χ0v) is 15.7. The smallest absolute Gasteiger partial charge is 0.226 e. The molecule has 2 unspecified atom stereocenters. The van der Waals surface area contributed by atoms with Gasteiger partial charge in [0.1, 0.15) is 0 Å². The van der Waals surface area contributed by atoms with Crippen LogP contribution in [0.3, 0.4) is 0 Å². The van der Waals surface area contributed by atoms with E-state index in [0.717, 1.165) is 43.8 Å². The molecule has 1 N–H and O–H groups in total. The number of pyridine rings is 1. The Balaban J connectivity index is 0.00000264. The number of rotatable bonds is 6. The molecule has 1 aromatic heterocycles. The number of aromatic nitrogens is 1. The summed E-state index contributed by atoms with van der Waals surface area (Å²) < 4.78 is 0. The first-order valence-electron chi connectivity index (χ1n) is 8.12. The van der Waals surface area contributed by atoms with Crippen LogP contribution in [0, 0.1) is 5.92 Å². The zero-order valence-electron chi connectivity index (χ0n) is 14.0. The van der Waals surface area contributed by atoms with Crippen molar-refractivity contribution in [1.29, 1.82) is 0 Å². The summed E-state index contributed by atoms with van der Waals surface area (Å²) in [5.74, 6) is 1.21. The molecule has 0 radical (unpaired) electrons. The molecule has 2 atom stereocenters. The minimum absolute atomic E-state index is 0. The molecule has 0 saturated carbocycles. The van der Waals surface area contributed by atoms with Crippen molar-refractivity contribution >= 4 is 30.1 Å². The molecule has 1 aromatic rings.